The first kappa shape index (κ1) is 13.4. The summed E-state index contributed by atoms with van der Waals surface area (Å²) in [5, 5.41) is 0. The maximum atomic E-state index is 6.02. The normalized spacial score (nSPS) is 10.4. The SMILES string of the molecule is CN(Cc1cccc(Br)c1)c1ccc(Br)cc1N. The molecule has 94 valence electrons. The fourth-order valence-corrected chi connectivity index (χ4v) is 2.69. The molecule has 2 aromatic rings. The van der Waals surface area contributed by atoms with E-state index in [0.717, 1.165) is 26.9 Å². The number of anilines is 2. The Kier molecular flexibility index (Phi) is 4.30. The van der Waals surface area contributed by atoms with Crippen LogP contribution in [0, 0.1) is 0 Å². The molecule has 2 nitrogen and oxygen atoms in total. The molecule has 0 aromatic heterocycles. The lowest BCUT2D eigenvalue weighted by Gasteiger charge is -2.21. The third-order valence-corrected chi connectivity index (χ3v) is 3.70. The number of nitrogens with two attached hydrogens (primary N) is 1. The van der Waals surface area contributed by atoms with Crippen molar-refractivity contribution < 1.29 is 0 Å². The van der Waals surface area contributed by atoms with Gasteiger partial charge in [0, 0.05) is 22.5 Å². The molecule has 18 heavy (non-hydrogen) atoms. The summed E-state index contributed by atoms with van der Waals surface area (Å²) >= 11 is 6.90. The van der Waals surface area contributed by atoms with Crippen LogP contribution >= 0.6 is 31.9 Å². The molecule has 0 aliphatic rings. The molecule has 0 aliphatic heterocycles. The fraction of sp³-hybridized carbons (Fsp3) is 0.143. The molecule has 0 bridgehead atoms. The largest absolute Gasteiger partial charge is 0.397 e. The van der Waals surface area contributed by atoms with Crippen LogP contribution in [-0.2, 0) is 6.54 Å². The lowest BCUT2D eigenvalue weighted by atomic mass is 10.2. The molecule has 0 aliphatic carbocycles. The highest BCUT2D eigenvalue weighted by Crippen LogP contribution is 2.27. The zero-order chi connectivity index (χ0) is 13.1. The minimum Gasteiger partial charge on any atom is -0.397 e. The summed E-state index contributed by atoms with van der Waals surface area (Å²) in [6.07, 6.45) is 0. The van der Waals surface area contributed by atoms with Crippen molar-refractivity contribution in [2.24, 2.45) is 0 Å². The molecule has 0 saturated heterocycles. The number of nitrogens with zero attached hydrogens (tertiary/aromatic N) is 1. The van der Waals surface area contributed by atoms with Gasteiger partial charge in [-0.05, 0) is 35.9 Å². The van der Waals surface area contributed by atoms with Gasteiger partial charge < -0.3 is 10.6 Å². The number of hydrogen-bond donors (Lipinski definition) is 1. The van der Waals surface area contributed by atoms with Crippen molar-refractivity contribution in [3.05, 3.63) is 57.0 Å². The second-order valence-corrected chi connectivity index (χ2v) is 6.02. The number of halogens is 2. The minimum absolute atomic E-state index is 0.780. The van der Waals surface area contributed by atoms with Crippen LogP contribution in [0.1, 0.15) is 5.56 Å². The van der Waals surface area contributed by atoms with Crippen molar-refractivity contribution in [1.29, 1.82) is 0 Å². The maximum Gasteiger partial charge on any atom is 0.0601 e. The van der Waals surface area contributed by atoms with E-state index in [-0.39, 0.29) is 0 Å². The number of hydrogen-bond acceptors (Lipinski definition) is 2. The molecule has 0 heterocycles. The summed E-state index contributed by atoms with van der Waals surface area (Å²) in [6, 6.07) is 14.2. The number of rotatable bonds is 3. The lowest BCUT2D eigenvalue weighted by molar-refractivity contribution is 0.924. The van der Waals surface area contributed by atoms with E-state index < -0.39 is 0 Å². The van der Waals surface area contributed by atoms with Crippen LogP contribution in [0.15, 0.2) is 51.4 Å². The average molecular weight is 370 g/mol. The Morgan fingerprint density at radius 1 is 1.06 bits per heavy atom. The van der Waals surface area contributed by atoms with E-state index in [0.29, 0.717) is 0 Å². The van der Waals surface area contributed by atoms with E-state index in [1.54, 1.807) is 0 Å². The summed E-state index contributed by atoms with van der Waals surface area (Å²) in [6.45, 7) is 0.825. The molecule has 0 unspecified atom stereocenters. The second-order valence-electron chi connectivity index (χ2n) is 4.19. The van der Waals surface area contributed by atoms with Gasteiger partial charge in [0.15, 0.2) is 0 Å². The van der Waals surface area contributed by atoms with Crippen molar-refractivity contribution in [3.8, 4) is 0 Å². The molecule has 2 aromatic carbocycles. The zero-order valence-electron chi connectivity index (χ0n) is 10.0. The Hall–Kier alpha value is -1.00. The third kappa shape index (κ3) is 3.27. The Morgan fingerprint density at radius 3 is 2.44 bits per heavy atom. The number of benzene rings is 2. The molecule has 4 heteroatoms. The summed E-state index contributed by atoms with van der Waals surface area (Å²) in [5.41, 5.74) is 9.09. The molecular formula is C14H14Br2N2. The van der Waals surface area contributed by atoms with Crippen LogP contribution < -0.4 is 10.6 Å². The van der Waals surface area contributed by atoms with E-state index in [4.69, 9.17) is 5.73 Å². The highest BCUT2D eigenvalue weighted by Gasteiger charge is 2.06. The molecular weight excluding hydrogens is 356 g/mol. The van der Waals surface area contributed by atoms with Gasteiger partial charge in [-0.15, -0.1) is 0 Å². The number of nitrogen functional groups attached to an aromatic ring is 1. The molecule has 0 amide bonds. The van der Waals surface area contributed by atoms with Gasteiger partial charge in [-0.1, -0.05) is 44.0 Å². The summed E-state index contributed by atoms with van der Waals surface area (Å²) < 4.78 is 2.09. The monoisotopic (exact) mass is 368 g/mol. The maximum absolute atomic E-state index is 6.02. The average Bonchev–Trinajstić information content (AvgIpc) is 2.28. The van der Waals surface area contributed by atoms with Gasteiger partial charge in [-0.25, -0.2) is 0 Å². The molecule has 2 rings (SSSR count). The van der Waals surface area contributed by atoms with Crippen LogP contribution in [0.2, 0.25) is 0 Å². The van der Waals surface area contributed by atoms with E-state index in [9.17, 15) is 0 Å². The van der Waals surface area contributed by atoms with Crippen LogP contribution in [0.3, 0.4) is 0 Å². The van der Waals surface area contributed by atoms with Crippen molar-refractivity contribution >= 4 is 43.2 Å². The van der Waals surface area contributed by atoms with E-state index in [2.05, 4.69) is 48.9 Å². The molecule has 2 N–H and O–H groups in total. The van der Waals surface area contributed by atoms with Crippen molar-refractivity contribution in [1.82, 2.24) is 0 Å². The molecule has 0 saturated carbocycles. The van der Waals surface area contributed by atoms with Gasteiger partial charge in [0.2, 0.25) is 0 Å². The topological polar surface area (TPSA) is 29.3 Å². The Balaban J connectivity index is 2.19. The zero-order valence-corrected chi connectivity index (χ0v) is 13.2. The van der Waals surface area contributed by atoms with Crippen LogP contribution in [0.4, 0.5) is 11.4 Å². The third-order valence-electron chi connectivity index (χ3n) is 2.71. The quantitative estimate of drug-likeness (QED) is 0.811. The molecule has 0 radical (unpaired) electrons. The Bertz CT molecular complexity index is 555. The first-order valence-electron chi connectivity index (χ1n) is 5.57. The Morgan fingerprint density at radius 2 is 1.78 bits per heavy atom. The van der Waals surface area contributed by atoms with Crippen molar-refractivity contribution in [2.45, 2.75) is 6.54 Å². The Labute approximate surface area is 124 Å². The minimum atomic E-state index is 0.780. The van der Waals surface area contributed by atoms with Crippen molar-refractivity contribution in [2.75, 3.05) is 17.7 Å². The van der Waals surface area contributed by atoms with Gasteiger partial charge in [0.1, 0.15) is 0 Å². The standard InChI is InChI=1S/C14H14Br2N2/c1-18(9-10-3-2-4-11(15)7-10)14-6-5-12(16)8-13(14)17/h2-8H,9,17H2,1H3. The van der Waals surface area contributed by atoms with E-state index in [1.807, 2.05) is 37.4 Å². The molecule has 0 spiro atoms. The highest BCUT2D eigenvalue weighted by atomic mass is 79.9. The summed E-state index contributed by atoms with van der Waals surface area (Å²) in [7, 11) is 2.04. The smallest absolute Gasteiger partial charge is 0.0601 e. The van der Waals surface area contributed by atoms with Crippen LogP contribution in [-0.4, -0.2) is 7.05 Å². The van der Waals surface area contributed by atoms with Gasteiger partial charge in [0.05, 0.1) is 11.4 Å². The second kappa shape index (κ2) is 5.76. The van der Waals surface area contributed by atoms with Crippen LogP contribution in [0.25, 0.3) is 0 Å². The predicted molar refractivity (Wildman–Crippen MR) is 84.8 cm³/mol. The first-order valence-corrected chi connectivity index (χ1v) is 7.15. The van der Waals surface area contributed by atoms with Crippen molar-refractivity contribution in [3.63, 3.8) is 0 Å². The summed E-state index contributed by atoms with van der Waals surface area (Å²) in [5.74, 6) is 0. The van der Waals surface area contributed by atoms with E-state index >= 15 is 0 Å². The van der Waals surface area contributed by atoms with Crippen LogP contribution in [0.5, 0.6) is 0 Å². The molecule has 0 fully saturated rings. The highest BCUT2D eigenvalue weighted by molar-refractivity contribution is 9.10. The lowest BCUT2D eigenvalue weighted by Crippen LogP contribution is -2.17. The van der Waals surface area contributed by atoms with Gasteiger partial charge in [-0.3, -0.25) is 0 Å². The fourth-order valence-electron chi connectivity index (χ4n) is 1.87. The van der Waals surface area contributed by atoms with E-state index in [1.165, 1.54) is 5.56 Å². The van der Waals surface area contributed by atoms with Gasteiger partial charge >= 0.3 is 0 Å². The predicted octanol–water partition coefficient (Wildman–Crippen LogP) is 4.43. The summed E-state index contributed by atoms with van der Waals surface area (Å²) in [4.78, 5) is 2.14. The van der Waals surface area contributed by atoms with Gasteiger partial charge in [-0.2, -0.15) is 0 Å². The molecule has 0 atom stereocenters. The first-order chi connectivity index (χ1) is 8.56. The van der Waals surface area contributed by atoms with Gasteiger partial charge in [0.25, 0.3) is 0 Å².